The summed E-state index contributed by atoms with van der Waals surface area (Å²) in [6, 6.07) is 7.66. The molecule has 1 aromatic heterocycles. The highest BCUT2D eigenvalue weighted by atomic mass is 35.5. The molecule has 0 aliphatic heterocycles. The van der Waals surface area contributed by atoms with Crippen molar-refractivity contribution in [3.05, 3.63) is 34.3 Å². The smallest absolute Gasteiger partial charge is 0.143 e. The van der Waals surface area contributed by atoms with Crippen LogP contribution in [-0.4, -0.2) is 23.8 Å². The molecule has 0 atom stereocenters. The molecule has 0 saturated heterocycles. The third-order valence-corrected chi connectivity index (χ3v) is 3.90. The SMILES string of the molecule is COc1ccccc1-c1nc(Cl)c(CCO)s1. The van der Waals surface area contributed by atoms with Gasteiger partial charge in [0.15, 0.2) is 0 Å². The van der Waals surface area contributed by atoms with Gasteiger partial charge in [-0.1, -0.05) is 23.7 Å². The van der Waals surface area contributed by atoms with Crippen LogP contribution < -0.4 is 4.74 Å². The predicted octanol–water partition coefficient (Wildman–Crippen LogP) is 3.01. The summed E-state index contributed by atoms with van der Waals surface area (Å²) >= 11 is 7.50. The van der Waals surface area contributed by atoms with Crippen LogP contribution in [0, 0.1) is 0 Å². The van der Waals surface area contributed by atoms with Gasteiger partial charge in [-0.15, -0.1) is 11.3 Å². The van der Waals surface area contributed by atoms with Crippen molar-refractivity contribution >= 4 is 22.9 Å². The van der Waals surface area contributed by atoms with Crippen molar-refractivity contribution in [1.29, 1.82) is 0 Å². The van der Waals surface area contributed by atoms with Gasteiger partial charge in [0.1, 0.15) is 15.9 Å². The third kappa shape index (κ3) is 2.60. The molecule has 2 aromatic rings. The highest BCUT2D eigenvalue weighted by Gasteiger charge is 2.13. The quantitative estimate of drug-likeness (QED) is 0.928. The third-order valence-electron chi connectivity index (χ3n) is 2.33. The fourth-order valence-corrected chi connectivity index (χ4v) is 2.84. The number of aliphatic hydroxyl groups is 1. The van der Waals surface area contributed by atoms with Gasteiger partial charge in [0, 0.05) is 17.9 Å². The molecule has 0 bridgehead atoms. The molecule has 1 N–H and O–H groups in total. The number of halogens is 1. The minimum Gasteiger partial charge on any atom is -0.496 e. The maximum atomic E-state index is 8.92. The monoisotopic (exact) mass is 269 g/mol. The molecule has 1 aromatic carbocycles. The van der Waals surface area contributed by atoms with E-state index in [4.69, 9.17) is 21.4 Å². The Bertz CT molecular complexity index is 513. The van der Waals surface area contributed by atoms with Crippen LogP contribution in [-0.2, 0) is 6.42 Å². The molecule has 1 heterocycles. The second kappa shape index (κ2) is 5.49. The fourth-order valence-electron chi connectivity index (χ4n) is 1.53. The number of aromatic nitrogens is 1. The van der Waals surface area contributed by atoms with Crippen molar-refractivity contribution in [3.63, 3.8) is 0 Å². The summed E-state index contributed by atoms with van der Waals surface area (Å²) in [6.45, 7) is 0.0767. The van der Waals surface area contributed by atoms with Crippen LogP contribution in [0.2, 0.25) is 5.15 Å². The largest absolute Gasteiger partial charge is 0.496 e. The molecule has 0 aliphatic carbocycles. The number of ether oxygens (including phenoxy) is 1. The van der Waals surface area contributed by atoms with Crippen molar-refractivity contribution in [2.24, 2.45) is 0 Å². The van der Waals surface area contributed by atoms with Gasteiger partial charge in [0.25, 0.3) is 0 Å². The summed E-state index contributed by atoms with van der Waals surface area (Å²) in [5.41, 5.74) is 0.922. The van der Waals surface area contributed by atoms with E-state index >= 15 is 0 Å². The molecule has 0 saturated carbocycles. The maximum Gasteiger partial charge on any atom is 0.143 e. The van der Waals surface area contributed by atoms with E-state index in [9.17, 15) is 0 Å². The first-order valence-electron chi connectivity index (χ1n) is 5.15. The van der Waals surface area contributed by atoms with Crippen molar-refractivity contribution in [3.8, 4) is 16.3 Å². The average molecular weight is 270 g/mol. The Hall–Kier alpha value is -1.10. The van der Waals surface area contributed by atoms with Crippen LogP contribution in [0.15, 0.2) is 24.3 Å². The zero-order chi connectivity index (χ0) is 12.3. The highest BCUT2D eigenvalue weighted by molar-refractivity contribution is 7.15. The van der Waals surface area contributed by atoms with Crippen LogP contribution in [0.1, 0.15) is 4.88 Å². The molecule has 0 fully saturated rings. The van der Waals surface area contributed by atoms with E-state index in [0.29, 0.717) is 11.6 Å². The second-order valence-electron chi connectivity index (χ2n) is 3.41. The number of aliphatic hydroxyl groups excluding tert-OH is 1. The molecule has 5 heteroatoms. The minimum atomic E-state index is 0.0767. The summed E-state index contributed by atoms with van der Waals surface area (Å²) < 4.78 is 5.28. The van der Waals surface area contributed by atoms with Gasteiger partial charge in [0.2, 0.25) is 0 Å². The maximum absolute atomic E-state index is 8.92. The van der Waals surface area contributed by atoms with Crippen molar-refractivity contribution in [1.82, 2.24) is 4.98 Å². The fraction of sp³-hybridized carbons (Fsp3) is 0.250. The van der Waals surface area contributed by atoms with Gasteiger partial charge in [-0.2, -0.15) is 0 Å². The lowest BCUT2D eigenvalue weighted by atomic mass is 10.2. The van der Waals surface area contributed by atoms with Gasteiger partial charge in [0.05, 0.1) is 12.7 Å². The summed E-state index contributed by atoms with van der Waals surface area (Å²) in [6.07, 6.45) is 0.533. The number of methoxy groups -OCH3 is 1. The average Bonchev–Trinajstić information content (AvgIpc) is 2.71. The van der Waals surface area contributed by atoms with Crippen molar-refractivity contribution < 1.29 is 9.84 Å². The van der Waals surface area contributed by atoms with Crippen molar-refractivity contribution in [2.45, 2.75) is 6.42 Å². The second-order valence-corrected chi connectivity index (χ2v) is 4.85. The summed E-state index contributed by atoms with van der Waals surface area (Å²) in [4.78, 5) is 5.20. The molecular formula is C12H12ClNO2S. The molecule has 0 amide bonds. The van der Waals surface area contributed by atoms with E-state index in [-0.39, 0.29) is 6.61 Å². The predicted molar refractivity (Wildman–Crippen MR) is 69.9 cm³/mol. The van der Waals surface area contributed by atoms with Gasteiger partial charge in [-0.3, -0.25) is 0 Å². The number of para-hydroxylation sites is 1. The lowest BCUT2D eigenvalue weighted by Gasteiger charge is -2.04. The number of thiazole rings is 1. The molecule has 0 spiro atoms. The first kappa shape index (κ1) is 12.4. The summed E-state index contributed by atoms with van der Waals surface area (Å²) in [5, 5.41) is 10.2. The molecule has 0 radical (unpaired) electrons. The molecule has 0 unspecified atom stereocenters. The molecule has 3 nitrogen and oxygen atoms in total. The molecule has 0 aliphatic rings. The minimum absolute atomic E-state index is 0.0767. The van der Waals surface area contributed by atoms with E-state index in [1.807, 2.05) is 24.3 Å². The highest BCUT2D eigenvalue weighted by Crippen LogP contribution is 2.35. The Balaban J connectivity index is 2.42. The van der Waals surface area contributed by atoms with Gasteiger partial charge in [-0.05, 0) is 12.1 Å². The van der Waals surface area contributed by atoms with E-state index in [1.54, 1.807) is 7.11 Å². The van der Waals surface area contributed by atoms with Crippen molar-refractivity contribution in [2.75, 3.05) is 13.7 Å². The Morgan fingerprint density at radius 2 is 2.18 bits per heavy atom. The van der Waals surface area contributed by atoms with E-state index in [0.717, 1.165) is 21.2 Å². The number of nitrogens with zero attached hydrogens (tertiary/aromatic N) is 1. The first-order chi connectivity index (χ1) is 8.26. The van der Waals surface area contributed by atoms with Crippen LogP contribution in [0.3, 0.4) is 0 Å². The topological polar surface area (TPSA) is 42.4 Å². The number of hydrogen-bond donors (Lipinski definition) is 1. The van der Waals surface area contributed by atoms with Crippen LogP contribution in [0.4, 0.5) is 0 Å². The Labute approximate surface area is 109 Å². The normalized spacial score (nSPS) is 10.5. The standard InChI is InChI=1S/C12H12ClNO2S/c1-16-9-5-3-2-4-8(9)12-14-11(13)10(17-12)6-7-15/h2-5,15H,6-7H2,1H3. The summed E-state index contributed by atoms with van der Waals surface area (Å²) in [5.74, 6) is 0.772. The lowest BCUT2D eigenvalue weighted by Crippen LogP contribution is -1.86. The van der Waals surface area contributed by atoms with E-state index < -0.39 is 0 Å². The Morgan fingerprint density at radius 1 is 1.41 bits per heavy atom. The zero-order valence-electron chi connectivity index (χ0n) is 9.31. The lowest BCUT2D eigenvalue weighted by molar-refractivity contribution is 0.300. The molecule has 2 rings (SSSR count). The van der Waals surface area contributed by atoms with Gasteiger partial charge >= 0.3 is 0 Å². The Morgan fingerprint density at radius 3 is 2.88 bits per heavy atom. The van der Waals surface area contributed by atoms with E-state index in [1.165, 1.54) is 11.3 Å². The number of benzene rings is 1. The van der Waals surface area contributed by atoms with E-state index in [2.05, 4.69) is 4.98 Å². The molecular weight excluding hydrogens is 258 g/mol. The van der Waals surface area contributed by atoms with Gasteiger partial charge in [-0.25, -0.2) is 4.98 Å². The van der Waals surface area contributed by atoms with Crippen LogP contribution >= 0.6 is 22.9 Å². The van der Waals surface area contributed by atoms with Gasteiger partial charge < -0.3 is 9.84 Å². The van der Waals surface area contributed by atoms with Crippen LogP contribution in [0.5, 0.6) is 5.75 Å². The molecule has 17 heavy (non-hydrogen) atoms. The number of rotatable bonds is 4. The summed E-state index contributed by atoms with van der Waals surface area (Å²) in [7, 11) is 1.63. The zero-order valence-corrected chi connectivity index (χ0v) is 10.9. The van der Waals surface area contributed by atoms with Crippen LogP contribution in [0.25, 0.3) is 10.6 Å². The Kier molecular flexibility index (Phi) is 3.99. The first-order valence-corrected chi connectivity index (χ1v) is 6.35. The number of hydrogen-bond acceptors (Lipinski definition) is 4. The molecule has 90 valence electrons.